The van der Waals surface area contributed by atoms with Crippen molar-refractivity contribution in [3.63, 3.8) is 0 Å². The van der Waals surface area contributed by atoms with E-state index in [1.165, 1.54) is 84.8 Å². The van der Waals surface area contributed by atoms with Crippen LogP contribution in [0.2, 0.25) is 0 Å². The molecule has 8 aliphatic heterocycles. The van der Waals surface area contributed by atoms with Crippen LogP contribution in [0.5, 0.6) is 0 Å². The molecule has 0 aromatic heterocycles. The maximum atomic E-state index is 10.5. The number of thiocarbonyl (C=S) groups is 2. The molecule has 18 unspecified atom stereocenters. The Bertz CT molecular complexity index is 2970. The van der Waals surface area contributed by atoms with Crippen molar-refractivity contribution in [3.05, 3.63) is 0 Å². The Hall–Kier alpha value is 0.420. The van der Waals surface area contributed by atoms with Gasteiger partial charge in [-0.1, -0.05) is 13.8 Å². The van der Waals surface area contributed by atoms with Crippen molar-refractivity contribution in [2.45, 2.75) is 281 Å². The Morgan fingerprint density at radius 3 is 0.646 bits per heavy atom. The molecule has 8 rings (SSSR count). The highest BCUT2D eigenvalue weighted by Crippen LogP contribution is 2.38. The second kappa shape index (κ2) is 69.6. The highest BCUT2D eigenvalue weighted by molar-refractivity contribution is 8.01. The van der Waals surface area contributed by atoms with Gasteiger partial charge in [-0.05, 0) is 97.5 Å². The van der Waals surface area contributed by atoms with Gasteiger partial charge in [0.2, 0.25) is 0 Å². The van der Waals surface area contributed by atoms with Crippen LogP contribution in [0.1, 0.15) is 52.4 Å². The molecule has 0 bridgehead atoms. The van der Waals surface area contributed by atoms with Crippen LogP contribution in [0, 0.1) is 22.7 Å². The fraction of sp³-hybridized carbons (Fsp3) is 0.977. The van der Waals surface area contributed by atoms with Crippen LogP contribution in [0.15, 0.2) is 0 Å². The SMILES string of the molecule is CO[C@H]1OC(CSCCNC(=S)NCC(COCCCS[C@@H]2OC(CO)[C@@H](O)[C@H](O)C2O)(COCCCS[C@@H]2OC(CO)[C@@H](O)[C@H](O)C2O)COCCCS[C@@H]2OC(CO)[C@@H](O)[C@H](O)C2O)C(C)[C@H](O)C1O.CO[C@H]1OC(CSCCNC(=S)NCC(COCCCS[C@H]2OC(CO)[C@@H](O)[C@H](O)C2O)(COCCCS[C@H]2OC(CO)[C@@H](O)[C@H](O)C2O)COCCCS[C@H]2OC(CO)[C@@H](O)[C@H](O)C2O)C(C)[C@H](O)C1O. The van der Waals surface area contributed by atoms with Crippen LogP contribution >= 0.6 is 119 Å². The lowest BCUT2D eigenvalue weighted by atomic mass is 9.90. The van der Waals surface area contributed by atoms with Gasteiger partial charge in [-0.2, -0.15) is 23.5 Å². The molecule has 48 nitrogen and oxygen atoms in total. The summed E-state index contributed by atoms with van der Waals surface area (Å²) in [4.78, 5) is 0. The van der Waals surface area contributed by atoms with Crippen LogP contribution in [0.3, 0.4) is 0 Å². The molecule has 8 saturated heterocycles. The second-order valence-corrected chi connectivity index (χ2v) is 46.8. The Morgan fingerprint density at radius 1 is 0.257 bits per heavy atom. The van der Waals surface area contributed by atoms with Gasteiger partial charge in [0.1, 0.15) is 191 Å². The van der Waals surface area contributed by atoms with Crippen molar-refractivity contribution in [2.75, 3.05) is 217 Å². The van der Waals surface area contributed by atoms with Crippen molar-refractivity contribution < 1.29 is 219 Å². The third-order valence-electron chi connectivity index (χ3n) is 25.3. The van der Waals surface area contributed by atoms with E-state index in [-0.39, 0.29) is 116 Å². The smallest absolute Gasteiger partial charge is 0.186 e. The van der Waals surface area contributed by atoms with Crippen LogP contribution in [-0.2, 0) is 75.8 Å². The number of aliphatic hydroxyl groups is 28. The molecule has 144 heavy (non-hydrogen) atoms. The minimum atomic E-state index is -1.50. The average Bonchev–Trinajstić information content (AvgIpc) is 0.838. The van der Waals surface area contributed by atoms with Gasteiger partial charge in [0.15, 0.2) is 22.8 Å². The Labute approximate surface area is 883 Å². The molecule has 32 N–H and O–H groups in total. The number of methoxy groups -OCH3 is 2. The monoisotopic (exact) mass is 2270 g/mol. The summed E-state index contributed by atoms with van der Waals surface area (Å²) in [5.41, 5.74) is -7.15. The first-order valence-corrected chi connectivity index (χ1v) is 57.6. The van der Waals surface area contributed by atoms with E-state index in [1.54, 1.807) is 23.5 Å². The number of rotatable bonds is 64. The minimum absolute atomic E-state index is 0.102. The summed E-state index contributed by atoms with van der Waals surface area (Å²) in [6.07, 6.45) is -36.3. The summed E-state index contributed by atoms with van der Waals surface area (Å²) >= 11 is 21.7. The van der Waals surface area contributed by atoms with E-state index in [2.05, 4.69) is 21.3 Å². The molecular formula is C86H160N4O44S10. The van der Waals surface area contributed by atoms with Gasteiger partial charge in [0.05, 0.1) is 115 Å². The molecule has 0 aromatic carbocycles. The third-order valence-corrected chi connectivity index (χ3v) is 35.4. The van der Waals surface area contributed by atoms with E-state index in [0.29, 0.717) is 119 Å². The van der Waals surface area contributed by atoms with Crippen molar-refractivity contribution in [3.8, 4) is 0 Å². The standard InChI is InChI=1S/2C43H80N2O22S5/c2*1-22-26(64-38(60-2)34(56)27(22)49)17-69-13-6-44-42(68)45-18-43(19-61-7-3-10-70-39-35(57)31(53)28(50)23(14-46)65-39,20-62-8-4-11-71-40-36(58)32(54)29(51)24(15-47)66-40)21-63-9-5-12-72-41-37(59)33(55)30(52)25(16-48)67-41/h2*22-41,46-59H,3-21H2,1-2H3,(H2,44,45,68)/t22?,23?,24?,25?,26?,27-,28+,29+,30+,31-,32-,33-,34?,35?,36?,37?,38-,39+,40+,41+,43?;22?,23?,24?,25?,26?,27-,28+,29+,30+,31-,32-,33-,34?,35?,36?,37?,38-,39-,40-,41-,43?/m00/s1. The van der Waals surface area contributed by atoms with E-state index in [9.17, 15) is 143 Å². The number of nitrogens with one attached hydrogen (secondary N) is 4. The molecule has 0 spiro atoms. The molecular weight excluding hydrogens is 2110 g/mol. The number of aliphatic hydroxyl groups excluding tert-OH is 28. The Kier molecular flexibility index (Phi) is 63.5. The summed E-state index contributed by atoms with van der Waals surface area (Å²) in [5.74, 6) is 4.20. The van der Waals surface area contributed by atoms with Crippen LogP contribution in [0.4, 0.5) is 0 Å². The lowest BCUT2D eigenvalue weighted by molar-refractivity contribution is -0.270. The van der Waals surface area contributed by atoms with Crippen LogP contribution in [-0.4, -0.2) is 598 Å². The summed E-state index contributed by atoms with van der Waals surface area (Å²) in [6, 6.07) is 0. The molecule has 8 heterocycles. The molecule has 0 aliphatic carbocycles. The topological polar surface area (TPSA) is 762 Å². The molecule has 0 saturated carbocycles. The van der Waals surface area contributed by atoms with E-state index >= 15 is 0 Å². The number of hydrogen-bond acceptors (Lipinski definition) is 54. The second-order valence-electron chi connectivity index (χ2n) is 36.5. The van der Waals surface area contributed by atoms with Gasteiger partial charge in [0, 0.05) is 115 Å². The molecule has 0 radical (unpaired) electrons. The molecule has 8 aliphatic rings. The van der Waals surface area contributed by atoms with Crippen molar-refractivity contribution in [1.82, 2.24) is 21.3 Å². The first kappa shape index (κ1) is 131. The van der Waals surface area contributed by atoms with Gasteiger partial charge in [-0.15, -0.1) is 70.6 Å². The zero-order chi connectivity index (χ0) is 106. The first-order chi connectivity index (χ1) is 68.9. The lowest BCUT2D eigenvalue weighted by Gasteiger charge is -2.40. The zero-order valence-electron chi connectivity index (χ0n) is 81.1. The highest BCUT2D eigenvalue weighted by Gasteiger charge is 2.52. The van der Waals surface area contributed by atoms with E-state index in [4.69, 9.17) is 100 Å². The van der Waals surface area contributed by atoms with E-state index < -0.39 is 267 Å². The first-order valence-electron chi connectivity index (χ1n) is 48.1. The highest BCUT2D eigenvalue weighted by atomic mass is 32.2. The molecule has 848 valence electrons. The average molecular weight is 2270 g/mol. The van der Waals surface area contributed by atoms with Crippen molar-refractivity contribution in [2.24, 2.45) is 22.7 Å². The lowest BCUT2D eigenvalue weighted by Crippen LogP contribution is -2.57. The quantitative estimate of drug-likeness (QED) is 0.0199. The summed E-state index contributed by atoms with van der Waals surface area (Å²) in [5, 5.41) is 298. The molecule has 58 heteroatoms. The summed E-state index contributed by atoms with van der Waals surface area (Å²) in [7, 11) is 2.81. The fourth-order valence-electron chi connectivity index (χ4n) is 16.1. The third kappa shape index (κ3) is 40.7. The Morgan fingerprint density at radius 2 is 0.458 bits per heavy atom. The molecule has 0 amide bonds. The maximum Gasteiger partial charge on any atom is 0.186 e. The van der Waals surface area contributed by atoms with Crippen molar-refractivity contribution in [1.29, 1.82) is 0 Å². The summed E-state index contributed by atoms with van der Waals surface area (Å²) < 4.78 is 93.4. The Balaban J connectivity index is 0.000000391. The van der Waals surface area contributed by atoms with Gasteiger partial charge in [0.25, 0.3) is 0 Å². The fourth-order valence-corrected chi connectivity index (χ4v) is 25.1. The van der Waals surface area contributed by atoms with Gasteiger partial charge in [-0.3, -0.25) is 0 Å². The van der Waals surface area contributed by atoms with Gasteiger partial charge < -0.3 is 240 Å². The number of ether oxygens (including phenoxy) is 16. The molecule has 8 fully saturated rings. The van der Waals surface area contributed by atoms with Gasteiger partial charge >= 0.3 is 0 Å². The summed E-state index contributed by atoms with van der Waals surface area (Å²) in [6.45, 7) is 3.76. The van der Waals surface area contributed by atoms with Crippen LogP contribution < -0.4 is 21.3 Å². The molecule has 40 atom stereocenters. The van der Waals surface area contributed by atoms with Crippen molar-refractivity contribution >= 4 is 129 Å². The number of thioether (sulfide) groups is 8. The largest absolute Gasteiger partial charge is 0.394 e. The van der Waals surface area contributed by atoms with E-state index in [0.717, 1.165) is 0 Å². The van der Waals surface area contributed by atoms with Gasteiger partial charge in [-0.25, -0.2) is 0 Å². The molecule has 0 aromatic rings. The van der Waals surface area contributed by atoms with Crippen LogP contribution in [0.25, 0.3) is 0 Å². The zero-order valence-corrected chi connectivity index (χ0v) is 89.3. The number of hydrogen-bond donors (Lipinski definition) is 32. The maximum absolute atomic E-state index is 10.5. The predicted octanol–water partition coefficient (Wildman–Crippen LogP) is -10.6. The predicted molar refractivity (Wildman–Crippen MR) is 540 cm³/mol. The normalized spacial score (nSPS) is 38.3. The minimum Gasteiger partial charge on any atom is -0.394 e. The van der Waals surface area contributed by atoms with E-state index in [1.807, 2.05) is 13.8 Å².